The Kier molecular flexibility index (Phi) is 8.90. The van der Waals surface area contributed by atoms with Gasteiger partial charge in [-0.15, -0.1) is 0 Å². The summed E-state index contributed by atoms with van der Waals surface area (Å²) < 4.78 is 36.9. The second-order valence-corrected chi connectivity index (χ2v) is 15.2. The molecule has 142 valence electrons. The van der Waals surface area contributed by atoms with Gasteiger partial charge >= 0.3 is 5.97 Å². The highest BCUT2D eigenvalue weighted by atomic mass is 32.2. The van der Waals surface area contributed by atoms with Crippen molar-refractivity contribution in [2.45, 2.75) is 83.7 Å². The van der Waals surface area contributed by atoms with E-state index in [4.69, 9.17) is 9.29 Å². The van der Waals surface area contributed by atoms with E-state index in [1.165, 1.54) is 0 Å². The van der Waals surface area contributed by atoms with E-state index in [1.54, 1.807) is 6.92 Å². The Morgan fingerprint density at radius 1 is 1.08 bits per heavy atom. The van der Waals surface area contributed by atoms with Gasteiger partial charge in [0, 0.05) is 5.57 Å². The predicted molar refractivity (Wildman–Crippen MR) is 101 cm³/mol. The molecule has 0 aromatic heterocycles. The van der Waals surface area contributed by atoms with Crippen molar-refractivity contribution in [3.05, 3.63) is 12.2 Å². The van der Waals surface area contributed by atoms with Crippen molar-refractivity contribution in [2.75, 3.05) is 5.75 Å². The lowest BCUT2D eigenvalue weighted by atomic mass is 10.3. The Morgan fingerprint density at radius 3 is 1.79 bits per heavy atom. The molecule has 1 unspecified atom stereocenters. The molecule has 0 aliphatic carbocycles. The molecule has 0 saturated carbocycles. The highest BCUT2D eigenvalue weighted by Gasteiger charge is 2.51. The van der Waals surface area contributed by atoms with Gasteiger partial charge in [0.1, 0.15) is 8.07 Å². The Balaban J connectivity index is 5.74. The van der Waals surface area contributed by atoms with Crippen molar-refractivity contribution in [1.29, 1.82) is 0 Å². The topological polar surface area (TPSA) is 80.7 Å². The molecule has 1 N–H and O–H groups in total. The van der Waals surface area contributed by atoms with E-state index < -0.39 is 24.2 Å². The van der Waals surface area contributed by atoms with Crippen LogP contribution in [0.2, 0.25) is 16.6 Å². The standard InChI is InChI=1S/C17H34O5SSi/c1-12(2)17(18)22-16(10-9-11-23(19,20)21)24(13(3)4,14(5)6)15(7)8/h13-16H,1,9-11H2,2-8H3,(H,19,20,21). The van der Waals surface area contributed by atoms with Crippen molar-refractivity contribution in [2.24, 2.45) is 0 Å². The fraction of sp³-hybridized carbons (Fsp3) is 0.824. The van der Waals surface area contributed by atoms with E-state index in [2.05, 4.69) is 48.1 Å². The monoisotopic (exact) mass is 378 g/mol. The van der Waals surface area contributed by atoms with Gasteiger partial charge in [-0.1, -0.05) is 48.1 Å². The number of carbonyl (C=O) groups is 1. The number of hydrogen-bond donors (Lipinski definition) is 1. The summed E-state index contributed by atoms with van der Waals surface area (Å²) in [6, 6.07) is 0. The van der Waals surface area contributed by atoms with Crippen molar-refractivity contribution in [1.82, 2.24) is 0 Å². The summed E-state index contributed by atoms with van der Waals surface area (Å²) in [5.41, 5.74) is 1.14. The molecule has 0 saturated heterocycles. The van der Waals surface area contributed by atoms with E-state index in [1.807, 2.05) is 0 Å². The molecule has 5 nitrogen and oxygen atoms in total. The third-order valence-electron chi connectivity index (χ3n) is 5.02. The molecule has 0 radical (unpaired) electrons. The molecule has 0 aromatic rings. The quantitative estimate of drug-likeness (QED) is 0.264. The third-order valence-corrected chi connectivity index (χ3v) is 13.4. The van der Waals surface area contributed by atoms with Crippen molar-refractivity contribution in [3.8, 4) is 0 Å². The Hall–Kier alpha value is -0.663. The van der Waals surface area contributed by atoms with Crippen LogP contribution in [0.1, 0.15) is 61.3 Å². The molecule has 0 heterocycles. The third kappa shape index (κ3) is 6.00. The zero-order valence-electron chi connectivity index (χ0n) is 16.1. The summed E-state index contributed by atoms with van der Waals surface area (Å²) >= 11 is 0. The molecule has 0 amide bonds. The summed E-state index contributed by atoms with van der Waals surface area (Å²) in [4.78, 5) is 12.2. The van der Waals surface area contributed by atoms with Gasteiger partial charge in [-0.3, -0.25) is 4.55 Å². The first-order chi connectivity index (χ1) is 10.8. The van der Waals surface area contributed by atoms with Crippen LogP contribution < -0.4 is 0 Å². The summed E-state index contributed by atoms with van der Waals surface area (Å²) in [5, 5.41) is 0. The summed E-state index contributed by atoms with van der Waals surface area (Å²) in [6.07, 6.45) is 0.716. The molecule has 0 aliphatic heterocycles. The van der Waals surface area contributed by atoms with Crippen LogP contribution in [0, 0.1) is 0 Å². The Bertz CT molecular complexity index is 515. The molecule has 0 rings (SSSR count). The minimum Gasteiger partial charge on any atom is -0.463 e. The highest BCUT2D eigenvalue weighted by molar-refractivity contribution is 7.85. The number of carbonyl (C=O) groups excluding carboxylic acids is 1. The zero-order valence-corrected chi connectivity index (χ0v) is 17.9. The maximum atomic E-state index is 12.2. The van der Waals surface area contributed by atoms with Crippen LogP contribution in [0.25, 0.3) is 0 Å². The fourth-order valence-corrected chi connectivity index (χ4v) is 12.0. The van der Waals surface area contributed by atoms with Gasteiger partial charge in [0.15, 0.2) is 0 Å². The van der Waals surface area contributed by atoms with E-state index in [0.717, 1.165) is 0 Å². The molecular formula is C17H34O5SSi. The van der Waals surface area contributed by atoms with Crippen LogP contribution in [-0.4, -0.2) is 38.5 Å². The van der Waals surface area contributed by atoms with Gasteiger partial charge < -0.3 is 4.74 Å². The normalized spacial score (nSPS) is 14.3. The molecule has 0 fully saturated rings. The second-order valence-electron chi connectivity index (χ2n) is 7.57. The molecule has 0 spiro atoms. The van der Waals surface area contributed by atoms with Crippen LogP contribution in [0.4, 0.5) is 0 Å². The zero-order chi connectivity index (χ0) is 19.3. The van der Waals surface area contributed by atoms with Crippen LogP contribution >= 0.6 is 0 Å². The minimum absolute atomic E-state index is 0.272. The summed E-state index contributed by atoms with van der Waals surface area (Å²) in [5.74, 6) is -0.738. The van der Waals surface area contributed by atoms with Gasteiger partial charge in [0.05, 0.1) is 11.5 Å². The SMILES string of the molecule is C=C(C)C(=O)OC(CCCS(=O)(=O)O)[Si](C(C)C)(C(C)C)C(C)C. The van der Waals surface area contributed by atoms with Gasteiger partial charge in [-0.05, 0) is 36.4 Å². The Labute approximate surface area is 148 Å². The second kappa shape index (κ2) is 9.15. The number of esters is 1. The van der Waals surface area contributed by atoms with Gasteiger partial charge in [0.25, 0.3) is 10.1 Å². The highest BCUT2D eigenvalue weighted by Crippen LogP contribution is 2.46. The fourth-order valence-electron chi connectivity index (χ4n) is 4.21. The van der Waals surface area contributed by atoms with E-state index in [9.17, 15) is 13.2 Å². The van der Waals surface area contributed by atoms with Crippen LogP contribution in [0.5, 0.6) is 0 Å². The number of hydrogen-bond acceptors (Lipinski definition) is 4. The first-order valence-electron chi connectivity index (χ1n) is 8.58. The van der Waals surface area contributed by atoms with Crippen LogP contribution in [-0.2, 0) is 19.6 Å². The first-order valence-corrected chi connectivity index (χ1v) is 12.5. The lowest BCUT2D eigenvalue weighted by molar-refractivity contribution is -0.141. The van der Waals surface area contributed by atoms with Crippen molar-refractivity contribution < 1.29 is 22.5 Å². The molecule has 7 heteroatoms. The van der Waals surface area contributed by atoms with E-state index in [0.29, 0.717) is 28.6 Å². The number of ether oxygens (including phenoxy) is 1. The van der Waals surface area contributed by atoms with Crippen LogP contribution in [0.15, 0.2) is 12.2 Å². The maximum Gasteiger partial charge on any atom is 0.333 e. The average molecular weight is 379 g/mol. The smallest absolute Gasteiger partial charge is 0.333 e. The molecular weight excluding hydrogens is 344 g/mol. The minimum atomic E-state index is -4.01. The molecule has 0 aromatic carbocycles. The summed E-state index contributed by atoms with van der Waals surface area (Å²) in [7, 11) is -6.14. The van der Waals surface area contributed by atoms with Crippen molar-refractivity contribution in [3.63, 3.8) is 0 Å². The van der Waals surface area contributed by atoms with Gasteiger partial charge in [-0.25, -0.2) is 4.79 Å². The van der Waals surface area contributed by atoms with E-state index >= 15 is 0 Å². The number of rotatable bonds is 10. The Morgan fingerprint density at radius 2 is 1.50 bits per heavy atom. The average Bonchev–Trinajstić information content (AvgIpc) is 2.35. The lowest BCUT2D eigenvalue weighted by Crippen LogP contribution is -2.57. The first kappa shape index (κ1) is 23.3. The summed E-state index contributed by atoms with van der Waals surface area (Å²) in [6.45, 7) is 18.2. The lowest BCUT2D eigenvalue weighted by Gasteiger charge is -2.48. The molecule has 1 atom stereocenters. The largest absolute Gasteiger partial charge is 0.463 e. The molecule has 24 heavy (non-hydrogen) atoms. The van der Waals surface area contributed by atoms with Gasteiger partial charge in [0.2, 0.25) is 0 Å². The van der Waals surface area contributed by atoms with Crippen LogP contribution in [0.3, 0.4) is 0 Å². The van der Waals surface area contributed by atoms with E-state index in [-0.39, 0.29) is 17.9 Å². The predicted octanol–water partition coefficient (Wildman–Crippen LogP) is 4.36. The van der Waals surface area contributed by atoms with Crippen molar-refractivity contribution >= 4 is 24.2 Å². The molecule has 0 bridgehead atoms. The molecule has 0 aliphatic rings. The maximum absolute atomic E-state index is 12.2. The van der Waals surface area contributed by atoms with Gasteiger partial charge in [-0.2, -0.15) is 8.42 Å².